The number of fused-ring (bicyclic) bond motifs is 1. The number of benzene rings is 2. The quantitative estimate of drug-likeness (QED) is 0.752. The smallest absolute Gasteiger partial charge is 0.184 e. The largest absolute Gasteiger partial charge is 0.497 e. The first kappa shape index (κ1) is 13.9. The van der Waals surface area contributed by atoms with Crippen molar-refractivity contribution in [2.24, 2.45) is 0 Å². The number of nitrogens with zero attached hydrogens (tertiary/aromatic N) is 1. The number of nitrogens with one attached hydrogen (secondary N) is 1. The number of aromatic nitrogens is 1. The van der Waals surface area contributed by atoms with Gasteiger partial charge in [0.25, 0.3) is 0 Å². The summed E-state index contributed by atoms with van der Waals surface area (Å²) in [5, 5.41) is 4.44. The van der Waals surface area contributed by atoms with Crippen LogP contribution < -0.4 is 10.1 Å². The summed E-state index contributed by atoms with van der Waals surface area (Å²) in [4.78, 5) is 4.69. The summed E-state index contributed by atoms with van der Waals surface area (Å²) in [5.41, 5.74) is 3.52. The molecule has 1 heterocycles. The first-order chi connectivity index (χ1) is 10.2. The van der Waals surface area contributed by atoms with Gasteiger partial charge in [0.15, 0.2) is 5.13 Å². The summed E-state index contributed by atoms with van der Waals surface area (Å²) in [6.07, 6.45) is 0. The Hall–Kier alpha value is -2.07. The molecule has 1 N–H and O–H groups in total. The number of aryl methyl sites for hydroxylation is 1. The van der Waals surface area contributed by atoms with Crippen molar-refractivity contribution in [3.8, 4) is 5.75 Å². The first-order valence-corrected chi connectivity index (χ1v) is 7.75. The zero-order chi connectivity index (χ0) is 14.8. The Kier molecular flexibility index (Phi) is 3.80. The van der Waals surface area contributed by atoms with E-state index < -0.39 is 0 Å². The normalized spacial score (nSPS) is 12.3. The number of para-hydroxylation sites is 1. The van der Waals surface area contributed by atoms with Crippen LogP contribution in [-0.2, 0) is 0 Å². The second-order valence-electron chi connectivity index (χ2n) is 5.08. The summed E-state index contributed by atoms with van der Waals surface area (Å²) in [6, 6.07) is 14.6. The van der Waals surface area contributed by atoms with Crippen LogP contribution in [0.1, 0.15) is 24.1 Å². The van der Waals surface area contributed by atoms with Gasteiger partial charge in [-0.2, -0.15) is 0 Å². The lowest BCUT2D eigenvalue weighted by Crippen LogP contribution is -2.06. The number of rotatable bonds is 4. The van der Waals surface area contributed by atoms with Crippen LogP contribution in [0.2, 0.25) is 0 Å². The summed E-state index contributed by atoms with van der Waals surface area (Å²) < 4.78 is 6.41. The van der Waals surface area contributed by atoms with Crippen LogP contribution in [-0.4, -0.2) is 12.1 Å². The van der Waals surface area contributed by atoms with Gasteiger partial charge in [-0.05, 0) is 43.2 Å². The van der Waals surface area contributed by atoms with E-state index in [1.165, 1.54) is 15.8 Å². The van der Waals surface area contributed by atoms with Crippen LogP contribution in [0.4, 0.5) is 5.13 Å². The van der Waals surface area contributed by atoms with Crippen LogP contribution in [0, 0.1) is 6.92 Å². The van der Waals surface area contributed by atoms with Crippen molar-refractivity contribution < 1.29 is 4.74 Å². The lowest BCUT2D eigenvalue weighted by Gasteiger charge is -2.13. The molecule has 0 spiro atoms. The van der Waals surface area contributed by atoms with Gasteiger partial charge >= 0.3 is 0 Å². The molecule has 0 aliphatic carbocycles. The minimum atomic E-state index is 0.205. The molecule has 0 amide bonds. The summed E-state index contributed by atoms with van der Waals surface area (Å²) in [7, 11) is 1.68. The standard InChI is InChI=1S/C17H18N2OS/c1-11-5-4-6-15-16(11)19-17(21-15)18-12(2)13-7-9-14(20-3)10-8-13/h4-10,12H,1-3H3,(H,18,19). The third-order valence-corrected chi connectivity index (χ3v) is 4.53. The van der Waals surface area contributed by atoms with Crippen molar-refractivity contribution in [3.63, 3.8) is 0 Å². The second-order valence-corrected chi connectivity index (χ2v) is 6.11. The van der Waals surface area contributed by atoms with E-state index in [0.717, 1.165) is 16.4 Å². The third-order valence-electron chi connectivity index (χ3n) is 3.58. The van der Waals surface area contributed by atoms with E-state index in [4.69, 9.17) is 9.72 Å². The van der Waals surface area contributed by atoms with Gasteiger partial charge in [0.05, 0.1) is 23.4 Å². The third kappa shape index (κ3) is 2.85. The lowest BCUT2D eigenvalue weighted by atomic mass is 10.1. The maximum Gasteiger partial charge on any atom is 0.184 e. The fraction of sp³-hybridized carbons (Fsp3) is 0.235. The van der Waals surface area contributed by atoms with Gasteiger partial charge in [-0.15, -0.1) is 0 Å². The van der Waals surface area contributed by atoms with Crippen molar-refractivity contribution in [2.45, 2.75) is 19.9 Å². The fourth-order valence-corrected chi connectivity index (χ4v) is 3.34. The number of thiazole rings is 1. The molecule has 108 valence electrons. The van der Waals surface area contributed by atoms with Crippen molar-refractivity contribution in [2.75, 3.05) is 12.4 Å². The molecular weight excluding hydrogens is 280 g/mol. The lowest BCUT2D eigenvalue weighted by molar-refractivity contribution is 0.414. The molecule has 0 radical (unpaired) electrons. The number of ether oxygens (including phenoxy) is 1. The Morgan fingerprint density at radius 1 is 1.14 bits per heavy atom. The second kappa shape index (κ2) is 5.74. The molecule has 3 rings (SSSR count). The maximum absolute atomic E-state index is 5.19. The van der Waals surface area contributed by atoms with Crippen molar-refractivity contribution in [3.05, 3.63) is 53.6 Å². The highest BCUT2D eigenvalue weighted by atomic mass is 32.1. The molecule has 0 aliphatic rings. The summed E-state index contributed by atoms with van der Waals surface area (Å²) >= 11 is 1.70. The highest BCUT2D eigenvalue weighted by Gasteiger charge is 2.10. The Morgan fingerprint density at radius 3 is 2.57 bits per heavy atom. The molecule has 0 aliphatic heterocycles. The van der Waals surface area contributed by atoms with Gasteiger partial charge in [-0.3, -0.25) is 0 Å². The molecule has 3 nitrogen and oxygen atoms in total. The molecule has 1 atom stereocenters. The molecule has 1 unspecified atom stereocenters. The Labute approximate surface area is 128 Å². The van der Waals surface area contributed by atoms with Gasteiger partial charge < -0.3 is 10.1 Å². The van der Waals surface area contributed by atoms with Crippen LogP contribution >= 0.6 is 11.3 Å². The van der Waals surface area contributed by atoms with Crippen molar-refractivity contribution in [1.82, 2.24) is 4.98 Å². The molecule has 4 heteroatoms. The minimum Gasteiger partial charge on any atom is -0.497 e. The molecule has 0 saturated heterocycles. The van der Waals surface area contributed by atoms with Crippen LogP contribution in [0.15, 0.2) is 42.5 Å². The molecule has 0 bridgehead atoms. The van der Waals surface area contributed by atoms with E-state index in [1.54, 1.807) is 18.4 Å². The topological polar surface area (TPSA) is 34.1 Å². The predicted octanol–water partition coefficient (Wildman–Crippen LogP) is 4.79. The van der Waals surface area contributed by atoms with Gasteiger partial charge in [0.2, 0.25) is 0 Å². The van der Waals surface area contributed by atoms with E-state index in [-0.39, 0.29) is 6.04 Å². The molecule has 2 aromatic carbocycles. The van der Waals surface area contributed by atoms with Crippen LogP contribution in [0.25, 0.3) is 10.2 Å². The zero-order valence-electron chi connectivity index (χ0n) is 12.4. The van der Waals surface area contributed by atoms with E-state index >= 15 is 0 Å². The van der Waals surface area contributed by atoms with Gasteiger partial charge in [-0.1, -0.05) is 35.6 Å². The predicted molar refractivity (Wildman–Crippen MR) is 89.4 cm³/mol. The van der Waals surface area contributed by atoms with E-state index in [2.05, 4.69) is 49.5 Å². The molecule has 0 fully saturated rings. The molecule has 21 heavy (non-hydrogen) atoms. The van der Waals surface area contributed by atoms with Crippen LogP contribution in [0.5, 0.6) is 5.75 Å². The zero-order valence-corrected chi connectivity index (χ0v) is 13.2. The van der Waals surface area contributed by atoms with Crippen LogP contribution in [0.3, 0.4) is 0 Å². The maximum atomic E-state index is 5.19. The SMILES string of the molecule is COc1ccc(C(C)Nc2nc3c(C)cccc3s2)cc1. The molecule has 0 saturated carbocycles. The number of hydrogen-bond acceptors (Lipinski definition) is 4. The molecule has 3 aromatic rings. The fourth-order valence-electron chi connectivity index (χ4n) is 2.31. The summed E-state index contributed by atoms with van der Waals surface area (Å²) in [5.74, 6) is 0.876. The van der Waals surface area contributed by atoms with E-state index in [9.17, 15) is 0 Å². The highest BCUT2D eigenvalue weighted by Crippen LogP contribution is 2.30. The van der Waals surface area contributed by atoms with Crippen molar-refractivity contribution >= 4 is 26.7 Å². The minimum absolute atomic E-state index is 0.205. The first-order valence-electron chi connectivity index (χ1n) is 6.94. The monoisotopic (exact) mass is 298 g/mol. The summed E-state index contributed by atoms with van der Waals surface area (Å²) in [6.45, 7) is 4.24. The Bertz CT molecular complexity index is 749. The van der Waals surface area contributed by atoms with E-state index in [0.29, 0.717) is 0 Å². The number of hydrogen-bond donors (Lipinski definition) is 1. The van der Waals surface area contributed by atoms with E-state index in [1.807, 2.05) is 12.1 Å². The van der Waals surface area contributed by atoms with Gasteiger partial charge in [-0.25, -0.2) is 4.98 Å². The number of anilines is 1. The van der Waals surface area contributed by atoms with Gasteiger partial charge in [0.1, 0.15) is 5.75 Å². The number of methoxy groups -OCH3 is 1. The Morgan fingerprint density at radius 2 is 1.90 bits per heavy atom. The average molecular weight is 298 g/mol. The highest BCUT2D eigenvalue weighted by molar-refractivity contribution is 7.22. The molecular formula is C17H18N2OS. The molecule has 1 aromatic heterocycles. The average Bonchev–Trinajstić information content (AvgIpc) is 2.91. The van der Waals surface area contributed by atoms with Gasteiger partial charge in [0, 0.05) is 0 Å². The Balaban J connectivity index is 1.81. The van der Waals surface area contributed by atoms with Crippen molar-refractivity contribution in [1.29, 1.82) is 0 Å².